The monoisotopic (exact) mass is 780 g/mol. The molecule has 0 aliphatic carbocycles. The van der Waals surface area contributed by atoms with E-state index in [1.807, 2.05) is 60.7 Å². The molecule has 55 heavy (non-hydrogen) atoms. The number of imide groups is 1. The summed E-state index contributed by atoms with van der Waals surface area (Å²) >= 11 is 0. The van der Waals surface area contributed by atoms with Crippen LogP contribution >= 0.6 is 7.60 Å². The van der Waals surface area contributed by atoms with Crippen LogP contribution in [-0.4, -0.2) is 79.3 Å². The number of carbonyl (C=O) groups excluding carboxylic acids is 5. The van der Waals surface area contributed by atoms with E-state index in [0.29, 0.717) is 10.6 Å². The van der Waals surface area contributed by atoms with Crippen molar-refractivity contribution in [2.75, 3.05) is 19.9 Å². The Kier molecular flexibility index (Phi) is 13.3. The first-order valence-corrected chi connectivity index (χ1v) is 19.7. The first-order chi connectivity index (χ1) is 26.1. The van der Waals surface area contributed by atoms with Gasteiger partial charge in [0, 0.05) is 25.4 Å². The minimum absolute atomic E-state index is 0.0232. The lowest BCUT2D eigenvalue weighted by Gasteiger charge is -2.28. The van der Waals surface area contributed by atoms with Gasteiger partial charge in [-0.25, -0.2) is 14.2 Å². The Morgan fingerprint density at radius 1 is 0.873 bits per heavy atom. The Hall–Kier alpha value is -5.24. The first kappa shape index (κ1) is 40.9. The maximum Gasteiger partial charge on any atom is 0.534 e. The first-order valence-electron chi connectivity index (χ1n) is 17.7. The van der Waals surface area contributed by atoms with E-state index >= 15 is 0 Å². The van der Waals surface area contributed by atoms with Crippen LogP contribution in [0, 0.1) is 5.41 Å². The van der Waals surface area contributed by atoms with Gasteiger partial charge in [0.2, 0.25) is 0 Å². The molecule has 2 heterocycles. The molecule has 2 saturated heterocycles. The molecule has 3 unspecified atom stereocenters. The van der Waals surface area contributed by atoms with Gasteiger partial charge in [-0.15, -0.1) is 0 Å². The van der Waals surface area contributed by atoms with E-state index in [-0.39, 0.29) is 44.3 Å². The predicted octanol–water partition coefficient (Wildman–Crippen LogP) is 6.29. The Morgan fingerprint density at radius 2 is 1.45 bits per heavy atom. The van der Waals surface area contributed by atoms with Gasteiger partial charge in [0.15, 0.2) is 0 Å². The minimum atomic E-state index is -3.96. The lowest BCUT2D eigenvalue weighted by atomic mass is 9.92. The van der Waals surface area contributed by atoms with Gasteiger partial charge >= 0.3 is 25.8 Å². The number of benzene rings is 3. The zero-order valence-corrected chi connectivity index (χ0v) is 32.1. The van der Waals surface area contributed by atoms with Gasteiger partial charge in [-0.1, -0.05) is 77.9 Å². The van der Waals surface area contributed by atoms with E-state index < -0.39 is 67.4 Å². The molecule has 1 N–H and O–H groups in total. The van der Waals surface area contributed by atoms with E-state index in [0.717, 1.165) is 11.1 Å². The normalized spacial score (nSPS) is 20.8. The molecule has 0 radical (unpaired) electrons. The van der Waals surface area contributed by atoms with E-state index in [2.05, 4.69) is 10.2 Å². The summed E-state index contributed by atoms with van der Waals surface area (Å²) in [4.78, 5) is 66.0. The van der Waals surface area contributed by atoms with Crippen molar-refractivity contribution in [2.45, 2.75) is 77.4 Å². The summed E-state index contributed by atoms with van der Waals surface area (Å²) < 4.78 is 48.1. The Balaban J connectivity index is 1.23. The van der Waals surface area contributed by atoms with Crippen LogP contribution in [0.15, 0.2) is 84.9 Å². The number of alkyl carbamates (subject to hydrolysis) is 1. The molecule has 16 heteroatoms. The highest BCUT2D eigenvalue weighted by molar-refractivity contribution is 7.53. The molecule has 0 aromatic heterocycles. The van der Waals surface area contributed by atoms with E-state index in [4.69, 9.17) is 28.0 Å². The van der Waals surface area contributed by atoms with Crippen molar-refractivity contribution in [3.8, 4) is 5.75 Å². The molecular weight excluding hydrogens is 735 g/mol. The molecule has 3 aromatic rings. The van der Waals surface area contributed by atoms with Crippen molar-refractivity contribution in [2.24, 2.45) is 5.41 Å². The number of hydrogen-bond acceptors (Lipinski definition) is 13. The van der Waals surface area contributed by atoms with Crippen molar-refractivity contribution >= 4 is 37.6 Å². The zero-order valence-electron chi connectivity index (χ0n) is 31.2. The molecule has 2 aliphatic rings. The highest BCUT2D eigenvalue weighted by atomic mass is 31.2. The number of esters is 1. The molecule has 15 nitrogen and oxygen atoms in total. The fourth-order valence-electron chi connectivity index (χ4n) is 5.85. The smallest absolute Gasteiger partial charge is 0.462 e. The summed E-state index contributed by atoms with van der Waals surface area (Å²) in [5.74, 6) is -1.86. The number of amides is 3. The Bertz CT molecular complexity index is 1810. The summed E-state index contributed by atoms with van der Waals surface area (Å²) in [6.45, 7) is 7.57. The number of carbonyl (C=O) groups is 5. The van der Waals surface area contributed by atoms with Gasteiger partial charge in [-0.05, 0) is 56.5 Å². The third-order valence-electron chi connectivity index (χ3n) is 8.71. The second-order valence-electron chi connectivity index (χ2n) is 14.2. The van der Waals surface area contributed by atoms with Gasteiger partial charge in [0.05, 0.1) is 17.6 Å². The molecule has 2 fully saturated rings. The standard InChI is InChI=1S/C39H45N2O13P/c1-25-34(40-37(45)49-23-30(27-12-8-6-9-13-27)28-14-10-7-11-15-28)35(31(51-25)24-48-36(44)39(2,3)4)54-55(5,47)53-29-18-16-26(17-19-29)22-50-38(46)52-41-32(42)20-21-33(41)43/h6-19,25,30-31,34-35H,20-24H2,1-5H3,(H,40,45)/t25-,31+,34?,35?,55?/m0/s1. The van der Waals surface area contributed by atoms with Crippen LogP contribution in [0.4, 0.5) is 9.59 Å². The van der Waals surface area contributed by atoms with Gasteiger partial charge in [0.25, 0.3) is 11.8 Å². The maximum atomic E-state index is 13.9. The maximum absolute atomic E-state index is 13.9. The van der Waals surface area contributed by atoms with Crippen molar-refractivity contribution in [3.63, 3.8) is 0 Å². The van der Waals surface area contributed by atoms with Crippen molar-refractivity contribution in [1.29, 1.82) is 0 Å². The quantitative estimate of drug-likeness (QED) is 0.0834. The molecular formula is C39H45N2O13P. The Morgan fingerprint density at radius 3 is 2.02 bits per heavy atom. The minimum Gasteiger partial charge on any atom is -0.462 e. The third kappa shape index (κ3) is 11.4. The molecule has 2 aliphatic heterocycles. The van der Waals surface area contributed by atoms with Crippen LogP contribution in [0.2, 0.25) is 0 Å². The van der Waals surface area contributed by atoms with Gasteiger partial charge in [0.1, 0.15) is 37.8 Å². The molecule has 0 saturated carbocycles. The molecule has 5 rings (SSSR count). The fourth-order valence-corrected chi connectivity index (χ4v) is 7.11. The highest BCUT2D eigenvalue weighted by Gasteiger charge is 2.48. The highest BCUT2D eigenvalue weighted by Crippen LogP contribution is 2.48. The van der Waals surface area contributed by atoms with Crippen LogP contribution in [0.25, 0.3) is 0 Å². The number of nitrogens with one attached hydrogen (secondary N) is 1. The van der Waals surface area contributed by atoms with Gasteiger partial charge in [-0.2, -0.15) is 0 Å². The molecule has 3 amide bonds. The Labute approximate surface area is 319 Å². The number of rotatable bonds is 14. The van der Waals surface area contributed by atoms with E-state index in [9.17, 15) is 28.5 Å². The van der Waals surface area contributed by atoms with Crippen LogP contribution in [-0.2, 0) is 53.9 Å². The number of ether oxygens (including phenoxy) is 4. The summed E-state index contributed by atoms with van der Waals surface area (Å²) in [6.07, 6.45) is -4.80. The van der Waals surface area contributed by atoms with Crippen LogP contribution < -0.4 is 9.84 Å². The van der Waals surface area contributed by atoms with Crippen LogP contribution in [0.1, 0.15) is 63.1 Å². The fraction of sp³-hybridized carbons (Fsp3) is 0.410. The van der Waals surface area contributed by atoms with E-state index in [1.54, 1.807) is 27.7 Å². The van der Waals surface area contributed by atoms with Gasteiger partial charge in [-0.3, -0.25) is 23.7 Å². The lowest BCUT2D eigenvalue weighted by molar-refractivity contribution is -0.177. The summed E-state index contributed by atoms with van der Waals surface area (Å²) in [5, 5.41) is 3.19. The summed E-state index contributed by atoms with van der Waals surface area (Å²) in [5.41, 5.74) is 1.60. The molecule has 3 aromatic carbocycles. The van der Waals surface area contributed by atoms with Crippen LogP contribution in [0.3, 0.4) is 0 Å². The largest absolute Gasteiger partial charge is 0.534 e. The second kappa shape index (κ2) is 17.9. The van der Waals surface area contributed by atoms with Crippen LogP contribution in [0.5, 0.6) is 5.75 Å². The lowest BCUT2D eigenvalue weighted by Crippen LogP contribution is -2.49. The second-order valence-corrected chi connectivity index (χ2v) is 16.1. The molecule has 5 atom stereocenters. The number of nitrogens with zero attached hydrogens (tertiary/aromatic N) is 1. The van der Waals surface area contributed by atoms with Crippen molar-refractivity contribution in [1.82, 2.24) is 10.4 Å². The van der Waals surface area contributed by atoms with E-state index in [1.165, 1.54) is 30.9 Å². The van der Waals surface area contributed by atoms with Gasteiger partial charge < -0.3 is 28.8 Å². The average molecular weight is 781 g/mol. The molecule has 0 spiro atoms. The number of hydroxylamine groups is 2. The zero-order chi connectivity index (χ0) is 39.8. The van der Waals surface area contributed by atoms with Crippen molar-refractivity contribution in [3.05, 3.63) is 102 Å². The number of hydrogen-bond donors (Lipinski definition) is 1. The average Bonchev–Trinajstić information content (AvgIpc) is 3.61. The predicted molar refractivity (Wildman–Crippen MR) is 196 cm³/mol. The molecule has 0 bridgehead atoms. The third-order valence-corrected chi connectivity index (χ3v) is 9.88. The van der Waals surface area contributed by atoms with Crippen molar-refractivity contribution < 1.29 is 61.4 Å². The topological polar surface area (TPSA) is 182 Å². The summed E-state index contributed by atoms with van der Waals surface area (Å²) in [6, 6.07) is 24.4. The SMILES string of the molecule is C[C@@H]1O[C@H](COC(=O)C(C)(C)C)C(OP(C)(=O)Oc2ccc(COC(=O)ON3C(=O)CCC3=O)cc2)C1NC(=O)OCC(c1ccccc1)c1ccccc1. The summed E-state index contributed by atoms with van der Waals surface area (Å²) in [7, 11) is -3.96. The molecule has 294 valence electrons.